The van der Waals surface area contributed by atoms with Crippen LogP contribution in [0.15, 0.2) is 18.2 Å². The Bertz CT molecular complexity index is 460. The van der Waals surface area contributed by atoms with Crippen molar-refractivity contribution in [2.24, 2.45) is 0 Å². The third-order valence-electron chi connectivity index (χ3n) is 3.45. The van der Waals surface area contributed by atoms with Gasteiger partial charge in [-0.1, -0.05) is 0 Å². The molecule has 1 saturated heterocycles. The number of nitrogens with zero attached hydrogens (tertiary/aromatic N) is 1. The summed E-state index contributed by atoms with van der Waals surface area (Å²) < 4.78 is 44.9. The van der Waals surface area contributed by atoms with E-state index < -0.39 is 11.7 Å². The van der Waals surface area contributed by atoms with E-state index in [0.29, 0.717) is 19.7 Å². The Morgan fingerprint density at radius 1 is 1.40 bits per heavy atom. The number of nitrogens with two attached hydrogens (primary N) is 1. The molecule has 1 unspecified atom stereocenters. The first kappa shape index (κ1) is 15.0. The Morgan fingerprint density at radius 3 is 2.80 bits per heavy atom. The lowest BCUT2D eigenvalue weighted by atomic mass is 10.0. The molecule has 1 heterocycles. The van der Waals surface area contributed by atoms with Gasteiger partial charge in [-0.15, -0.1) is 0 Å². The molecule has 0 aliphatic carbocycles. The maximum Gasteiger partial charge on any atom is 0.418 e. The predicted molar refractivity (Wildman–Crippen MR) is 72.7 cm³/mol. The average Bonchev–Trinajstić information content (AvgIpc) is 2.38. The van der Waals surface area contributed by atoms with Gasteiger partial charge in [0.05, 0.1) is 11.7 Å². The fraction of sp³-hybridized carbons (Fsp3) is 0.571. The van der Waals surface area contributed by atoms with Gasteiger partial charge < -0.3 is 15.4 Å². The van der Waals surface area contributed by atoms with E-state index >= 15 is 0 Å². The molecule has 6 heteroatoms. The minimum absolute atomic E-state index is 0.00705. The van der Waals surface area contributed by atoms with Crippen molar-refractivity contribution < 1.29 is 17.9 Å². The maximum atomic E-state index is 13.1. The van der Waals surface area contributed by atoms with Gasteiger partial charge in [0, 0.05) is 31.1 Å². The van der Waals surface area contributed by atoms with Crippen LogP contribution in [0.4, 0.5) is 24.5 Å². The highest BCUT2D eigenvalue weighted by Crippen LogP contribution is 2.38. The highest BCUT2D eigenvalue weighted by Gasteiger charge is 2.36. The summed E-state index contributed by atoms with van der Waals surface area (Å²) >= 11 is 0. The molecule has 1 aromatic carbocycles. The Kier molecular flexibility index (Phi) is 4.42. The lowest BCUT2D eigenvalue weighted by Crippen LogP contribution is -2.40. The monoisotopic (exact) mass is 288 g/mol. The quantitative estimate of drug-likeness (QED) is 0.867. The number of hydrogen-bond acceptors (Lipinski definition) is 3. The zero-order chi connectivity index (χ0) is 14.8. The molecule has 1 atom stereocenters. The number of alkyl halides is 3. The van der Waals surface area contributed by atoms with Crippen molar-refractivity contribution in [1.82, 2.24) is 0 Å². The van der Waals surface area contributed by atoms with Gasteiger partial charge in [-0.25, -0.2) is 0 Å². The van der Waals surface area contributed by atoms with Crippen LogP contribution in [0.3, 0.4) is 0 Å². The molecule has 3 nitrogen and oxygen atoms in total. The van der Waals surface area contributed by atoms with Crippen LogP contribution in [-0.4, -0.2) is 25.8 Å². The Morgan fingerprint density at radius 2 is 2.15 bits per heavy atom. The summed E-state index contributed by atoms with van der Waals surface area (Å²) in [6, 6.07) is 3.96. The molecule has 0 aromatic heterocycles. The van der Waals surface area contributed by atoms with Crippen molar-refractivity contribution in [3.05, 3.63) is 23.8 Å². The molecule has 2 N–H and O–H groups in total. The second kappa shape index (κ2) is 5.91. The Hall–Kier alpha value is -1.43. The van der Waals surface area contributed by atoms with Crippen LogP contribution in [0.1, 0.15) is 25.3 Å². The zero-order valence-electron chi connectivity index (χ0n) is 11.4. The number of benzene rings is 1. The summed E-state index contributed by atoms with van der Waals surface area (Å²) in [6.45, 7) is 3.56. The third-order valence-corrected chi connectivity index (χ3v) is 3.45. The summed E-state index contributed by atoms with van der Waals surface area (Å²) in [5, 5.41) is 0. The molecule has 1 aliphatic rings. The molecule has 1 aromatic rings. The third kappa shape index (κ3) is 3.36. The van der Waals surface area contributed by atoms with E-state index in [-0.39, 0.29) is 17.5 Å². The predicted octanol–water partition coefficient (Wildman–Crippen LogP) is 3.29. The summed E-state index contributed by atoms with van der Waals surface area (Å²) in [5.74, 6) is 0. The standard InChI is InChI=1S/C14H19F3N2O/c1-2-20-11-4-3-7-19(9-11)13-6-5-10(18)8-12(13)14(15,16)17/h5-6,8,11H,2-4,7,9,18H2,1H3. The molecular formula is C14H19F3N2O. The van der Waals surface area contributed by atoms with E-state index in [1.807, 2.05) is 6.92 Å². The van der Waals surface area contributed by atoms with E-state index in [4.69, 9.17) is 10.5 Å². The molecule has 0 amide bonds. The summed E-state index contributed by atoms with van der Waals surface area (Å²) in [5.41, 5.74) is 5.13. The molecule has 0 saturated carbocycles. The SMILES string of the molecule is CCOC1CCCN(c2ccc(N)cc2C(F)(F)F)C1. The van der Waals surface area contributed by atoms with Gasteiger partial charge in [0.25, 0.3) is 0 Å². The average molecular weight is 288 g/mol. The van der Waals surface area contributed by atoms with Crippen molar-refractivity contribution in [3.8, 4) is 0 Å². The Balaban J connectivity index is 2.27. The molecule has 20 heavy (non-hydrogen) atoms. The van der Waals surface area contributed by atoms with Crippen LogP contribution >= 0.6 is 0 Å². The topological polar surface area (TPSA) is 38.5 Å². The van der Waals surface area contributed by atoms with Crippen LogP contribution in [0, 0.1) is 0 Å². The van der Waals surface area contributed by atoms with Crippen LogP contribution in [0.2, 0.25) is 0 Å². The van der Waals surface area contributed by atoms with Gasteiger partial charge in [0.15, 0.2) is 0 Å². The number of piperidine rings is 1. The molecular weight excluding hydrogens is 269 g/mol. The van der Waals surface area contributed by atoms with Crippen molar-refractivity contribution in [1.29, 1.82) is 0 Å². The van der Waals surface area contributed by atoms with Gasteiger partial charge in [-0.05, 0) is 38.0 Å². The first-order chi connectivity index (χ1) is 9.41. The summed E-state index contributed by atoms with van der Waals surface area (Å²) in [6.07, 6.45) is -2.69. The van der Waals surface area contributed by atoms with E-state index in [1.165, 1.54) is 12.1 Å². The number of halogens is 3. The van der Waals surface area contributed by atoms with Crippen molar-refractivity contribution >= 4 is 11.4 Å². The van der Waals surface area contributed by atoms with E-state index in [2.05, 4.69) is 0 Å². The number of nitrogen functional groups attached to an aromatic ring is 1. The van der Waals surface area contributed by atoms with Crippen LogP contribution < -0.4 is 10.6 Å². The molecule has 112 valence electrons. The molecule has 2 rings (SSSR count). The highest BCUT2D eigenvalue weighted by molar-refractivity contribution is 5.61. The van der Waals surface area contributed by atoms with Crippen LogP contribution in [0.25, 0.3) is 0 Å². The second-order valence-corrected chi connectivity index (χ2v) is 4.94. The number of rotatable bonds is 3. The zero-order valence-corrected chi connectivity index (χ0v) is 11.4. The fourth-order valence-electron chi connectivity index (χ4n) is 2.59. The number of anilines is 2. The minimum atomic E-state index is -4.40. The first-order valence-corrected chi connectivity index (χ1v) is 6.75. The minimum Gasteiger partial charge on any atom is -0.399 e. The normalized spacial score (nSPS) is 20.2. The first-order valence-electron chi connectivity index (χ1n) is 6.75. The van der Waals surface area contributed by atoms with Gasteiger partial charge in [0.2, 0.25) is 0 Å². The lowest BCUT2D eigenvalue weighted by molar-refractivity contribution is -0.137. The molecule has 0 bridgehead atoms. The van der Waals surface area contributed by atoms with E-state index in [9.17, 15) is 13.2 Å². The van der Waals surface area contributed by atoms with Gasteiger partial charge in [-0.2, -0.15) is 13.2 Å². The fourth-order valence-corrected chi connectivity index (χ4v) is 2.59. The number of ether oxygens (including phenoxy) is 1. The summed E-state index contributed by atoms with van der Waals surface area (Å²) in [4.78, 5) is 1.74. The molecule has 0 radical (unpaired) electrons. The highest BCUT2D eigenvalue weighted by atomic mass is 19.4. The molecule has 1 fully saturated rings. The molecule has 0 spiro atoms. The van der Waals surface area contributed by atoms with Gasteiger partial charge in [0.1, 0.15) is 0 Å². The van der Waals surface area contributed by atoms with E-state index in [0.717, 1.165) is 18.9 Å². The van der Waals surface area contributed by atoms with Gasteiger partial charge >= 0.3 is 6.18 Å². The smallest absolute Gasteiger partial charge is 0.399 e. The van der Waals surface area contributed by atoms with Crippen molar-refractivity contribution in [2.45, 2.75) is 32.0 Å². The van der Waals surface area contributed by atoms with Crippen LogP contribution in [-0.2, 0) is 10.9 Å². The van der Waals surface area contributed by atoms with Gasteiger partial charge in [-0.3, -0.25) is 0 Å². The lowest BCUT2D eigenvalue weighted by Gasteiger charge is -2.35. The largest absolute Gasteiger partial charge is 0.418 e. The maximum absolute atomic E-state index is 13.1. The van der Waals surface area contributed by atoms with Crippen molar-refractivity contribution in [3.63, 3.8) is 0 Å². The number of hydrogen-bond donors (Lipinski definition) is 1. The molecule has 1 aliphatic heterocycles. The van der Waals surface area contributed by atoms with Crippen LogP contribution in [0.5, 0.6) is 0 Å². The van der Waals surface area contributed by atoms with Crippen molar-refractivity contribution in [2.75, 3.05) is 30.3 Å². The Labute approximate surface area is 116 Å². The summed E-state index contributed by atoms with van der Waals surface area (Å²) in [7, 11) is 0. The van der Waals surface area contributed by atoms with E-state index in [1.54, 1.807) is 4.90 Å². The second-order valence-electron chi connectivity index (χ2n) is 4.94.